The maximum Gasteiger partial charge on any atom is 0.573 e. The molecule has 2 nitrogen and oxygen atoms in total. The molecule has 0 aliphatic rings. The molecule has 0 atom stereocenters. The Morgan fingerprint density at radius 3 is 1.79 bits per heavy atom. The third-order valence-corrected chi connectivity index (χ3v) is 5.47. The largest absolute Gasteiger partial charge is 0.573 e. The average Bonchev–Trinajstić information content (AvgIpc) is 2.80. The van der Waals surface area contributed by atoms with Crippen molar-refractivity contribution in [3.8, 4) is 11.5 Å². The highest BCUT2D eigenvalue weighted by Gasteiger charge is 2.30. The van der Waals surface area contributed by atoms with E-state index in [0.29, 0.717) is 0 Å². The Morgan fingerprint density at radius 1 is 0.706 bits per heavy atom. The summed E-state index contributed by atoms with van der Waals surface area (Å²) < 4.78 is 43.8. The van der Waals surface area contributed by atoms with E-state index >= 15 is 0 Å². The molecule has 0 N–H and O–H groups in total. The number of rotatable bonds is 3. The van der Waals surface area contributed by atoms with Crippen molar-refractivity contribution in [2.24, 2.45) is 0 Å². The number of alkyl halides is 3. The van der Waals surface area contributed by atoms with E-state index in [1.54, 1.807) is 37.9 Å². The predicted molar refractivity (Wildman–Crippen MR) is 136 cm³/mol. The SMILES string of the molecule is COc1cccc2cc(C)ccc12.CSc1ccc(C)cc1.Cc1ccc(OC(F)(F)F)cc1. The highest BCUT2D eigenvalue weighted by Crippen LogP contribution is 2.25. The molecule has 0 heterocycles. The van der Waals surface area contributed by atoms with Crippen LogP contribution in [0.1, 0.15) is 16.7 Å². The molecule has 34 heavy (non-hydrogen) atoms. The van der Waals surface area contributed by atoms with Gasteiger partial charge in [0, 0.05) is 10.3 Å². The lowest BCUT2D eigenvalue weighted by Crippen LogP contribution is -2.16. The van der Waals surface area contributed by atoms with Crippen molar-refractivity contribution in [3.63, 3.8) is 0 Å². The molecule has 0 saturated heterocycles. The number of ether oxygens (including phenoxy) is 2. The smallest absolute Gasteiger partial charge is 0.496 e. The fourth-order valence-electron chi connectivity index (χ4n) is 2.97. The van der Waals surface area contributed by atoms with Crippen LogP contribution in [-0.4, -0.2) is 19.7 Å². The van der Waals surface area contributed by atoms with Gasteiger partial charge in [-0.1, -0.05) is 71.3 Å². The highest BCUT2D eigenvalue weighted by atomic mass is 32.2. The first-order valence-electron chi connectivity index (χ1n) is 10.6. The van der Waals surface area contributed by atoms with Crippen molar-refractivity contribution in [2.75, 3.05) is 13.4 Å². The van der Waals surface area contributed by atoms with Crippen LogP contribution >= 0.6 is 11.8 Å². The fourth-order valence-corrected chi connectivity index (χ4v) is 3.37. The van der Waals surface area contributed by atoms with Crippen LogP contribution in [0.25, 0.3) is 10.8 Å². The zero-order valence-electron chi connectivity index (χ0n) is 19.9. The Kier molecular flexibility index (Phi) is 10.3. The van der Waals surface area contributed by atoms with Gasteiger partial charge in [0.05, 0.1) is 7.11 Å². The molecule has 0 saturated carbocycles. The molecule has 0 radical (unpaired) electrons. The van der Waals surface area contributed by atoms with E-state index in [-0.39, 0.29) is 5.75 Å². The Morgan fingerprint density at radius 2 is 1.26 bits per heavy atom. The van der Waals surface area contributed by atoms with Crippen molar-refractivity contribution < 1.29 is 22.6 Å². The van der Waals surface area contributed by atoms with Gasteiger partial charge < -0.3 is 9.47 Å². The minimum atomic E-state index is -4.60. The molecule has 180 valence electrons. The summed E-state index contributed by atoms with van der Waals surface area (Å²) in [5.41, 5.74) is 3.50. The van der Waals surface area contributed by atoms with Gasteiger partial charge in [-0.05, 0) is 62.7 Å². The lowest BCUT2D eigenvalue weighted by molar-refractivity contribution is -0.274. The molecule has 6 heteroatoms. The second-order valence-electron chi connectivity index (χ2n) is 7.56. The summed E-state index contributed by atoms with van der Waals surface area (Å²) in [7, 11) is 1.70. The number of thioether (sulfide) groups is 1. The molecule has 0 unspecified atom stereocenters. The van der Waals surface area contributed by atoms with Gasteiger partial charge in [0.2, 0.25) is 0 Å². The molecule has 0 spiro atoms. The van der Waals surface area contributed by atoms with Gasteiger partial charge in [-0.15, -0.1) is 24.9 Å². The maximum atomic E-state index is 11.6. The second kappa shape index (κ2) is 12.9. The first-order chi connectivity index (χ1) is 16.1. The van der Waals surface area contributed by atoms with Crippen LogP contribution in [0.2, 0.25) is 0 Å². The van der Waals surface area contributed by atoms with Gasteiger partial charge >= 0.3 is 6.36 Å². The Labute approximate surface area is 203 Å². The van der Waals surface area contributed by atoms with Crippen LogP contribution in [0, 0.1) is 20.8 Å². The maximum absolute atomic E-state index is 11.6. The number of aryl methyl sites for hydroxylation is 3. The summed E-state index contributed by atoms with van der Waals surface area (Å²) >= 11 is 1.78. The molecular formula is C28H29F3O2S. The van der Waals surface area contributed by atoms with Gasteiger partial charge in [-0.2, -0.15) is 0 Å². The molecule has 0 aliphatic heterocycles. The monoisotopic (exact) mass is 486 g/mol. The lowest BCUT2D eigenvalue weighted by Gasteiger charge is -2.08. The molecule has 0 fully saturated rings. The van der Waals surface area contributed by atoms with Crippen LogP contribution < -0.4 is 9.47 Å². The van der Waals surface area contributed by atoms with Crippen molar-refractivity contribution >= 4 is 22.5 Å². The molecule has 4 rings (SSSR count). The molecular weight excluding hydrogens is 457 g/mol. The zero-order valence-corrected chi connectivity index (χ0v) is 20.8. The van der Waals surface area contributed by atoms with Gasteiger partial charge in [-0.3, -0.25) is 0 Å². The van der Waals surface area contributed by atoms with E-state index in [2.05, 4.69) is 73.4 Å². The summed E-state index contributed by atoms with van der Waals surface area (Å²) in [5.74, 6) is 0.755. The molecule has 0 bridgehead atoms. The fraction of sp³-hybridized carbons (Fsp3) is 0.214. The van der Waals surface area contributed by atoms with Crippen LogP contribution in [0.4, 0.5) is 13.2 Å². The number of hydrogen-bond acceptors (Lipinski definition) is 3. The van der Waals surface area contributed by atoms with Crippen LogP contribution in [0.15, 0.2) is 89.8 Å². The zero-order chi connectivity index (χ0) is 25.1. The first kappa shape index (κ1) is 27.1. The van der Waals surface area contributed by atoms with E-state index in [4.69, 9.17) is 4.74 Å². The Hall–Kier alpha value is -3.12. The predicted octanol–water partition coefficient (Wildman–Crippen LogP) is 8.77. The van der Waals surface area contributed by atoms with Crippen molar-refractivity contribution in [1.29, 1.82) is 0 Å². The van der Waals surface area contributed by atoms with Crippen LogP contribution in [0.3, 0.4) is 0 Å². The standard InChI is InChI=1S/C12H12O.C8H7F3O.C8H10S/c1-9-6-7-11-10(8-9)4-3-5-12(11)13-2;1-6-2-4-7(5-3-6)12-8(9,10)11;1-7-3-5-8(9-2)6-4-7/h3-8H,1-2H3;2-5H,1H3;3-6H,1-2H3. The summed E-state index contributed by atoms with van der Waals surface area (Å²) in [6.45, 7) is 5.99. The van der Waals surface area contributed by atoms with E-state index in [9.17, 15) is 13.2 Å². The van der Waals surface area contributed by atoms with E-state index < -0.39 is 6.36 Å². The number of benzene rings is 4. The lowest BCUT2D eigenvalue weighted by atomic mass is 10.1. The van der Waals surface area contributed by atoms with Gasteiger partial charge in [-0.25, -0.2) is 0 Å². The number of halogens is 3. The van der Waals surface area contributed by atoms with Gasteiger partial charge in [0.15, 0.2) is 0 Å². The Balaban J connectivity index is 0.000000183. The number of methoxy groups -OCH3 is 1. The molecule has 4 aromatic carbocycles. The first-order valence-corrected chi connectivity index (χ1v) is 11.8. The number of fused-ring (bicyclic) bond motifs is 1. The number of hydrogen-bond donors (Lipinski definition) is 0. The molecule has 0 aromatic heterocycles. The second-order valence-corrected chi connectivity index (χ2v) is 8.44. The van der Waals surface area contributed by atoms with Crippen LogP contribution in [0.5, 0.6) is 11.5 Å². The Bertz CT molecular complexity index is 1160. The quantitative estimate of drug-likeness (QED) is 0.270. The topological polar surface area (TPSA) is 18.5 Å². The molecule has 0 amide bonds. The normalized spacial score (nSPS) is 10.5. The third-order valence-electron chi connectivity index (χ3n) is 4.73. The molecule has 0 aliphatic carbocycles. The van der Waals surface area contributed by atoms with Gasteiger partial charge in [0.1, 0.15) is 11.5 Å². The van der Waals surface area contributed by atoms with E-state index in [0.717, 1.165) is 11.3 Å². The van der Waals surface area contributed by atoms with Crippen molar-refractivity contribution in [1.82, 2.24) is 0 Å². The summed E-state index contributed by atoms with van der Waals surface area (Å²) in [5, 5.41) is 2.41. The summed E-state index contributed by atoms with van der Waals surface area (Å²) in [6, 6.07) is 26.7. The van der Waals surface area contributed by atoms with E-state index in [1.165, 1.54) is 38.9 Å². The van der Waals surface area contributed by atoms with E-state index in [1.807, 2.05) is 12.1 Å². The van der Waals surface area contributed by atoms with Gasteiger partial charge in [0.25, 0.3) is 0 Å². The summed E-state index contributed by atoms with van der Waals surface area (Å²) in [4.78, 5) is 1.33. The summed E-state index contributed by atoms with van der Waals surface area (Å²) in [6.07, 6.45) is -2.51. The van der Waals surface area contributed by atoms with Crippen LogP contribution in [-0.2, 0) is 0 Å². The van der Waals surface area contributed by atoms with Crippen molar-refractivity contribution in [3.05, 3.63) is 102 Å². The average molecular weight is 487 g/mol. The highest BCUT2D eigenvalue weighted by molar-refractivity contribution is 7.98. The van der Waals surface area contributed by atoms with Crippen molar-refractivity contribution in [2.45, 2.75) is 32.0 Å². The minimum Gasteiger partial charge on any atom is -0.496 e. The molecule has 4 aromatic rings. The third kappa shape index (κ3) is 9.40. The minimum absolute atomic E-state index is 0.187.